The Morgan fingerprint density at radius 3 is 2.74 bits per heavy atom. The van der Waals surface area contributed by atoms with Crippen LogP contribution in [0.2, 0.25) is 0 Å². The molecule has 10 heteroatoms. The number of amidine groups is 2. The molecular weight excluding hydrogens is 502 g/mol. The number of aliphatic imine (C=N–C) groups is 2. The summed E-state index contributed by atoms with van der Waals surface area (Å²) in [6.45, 7) is 4.11. The summed E-state index contributed by atoms with van der Waals surface area (Å²) in [5, 5.41) is 5.61. The summed E-state index contributed by atoms with van der Waals surface area (Å²) in [4.78, 5) is 50.1. The van der Waals surface area contributed by atoms with Crippen LogP contribution in [0.25, 0.3) is 0 Å². The zero-order chi connectivity index (χ0) is 26.6. The van der Waals surface area contributed by atoms with Crippen molar-refractivity contribution in [3.8, 4) is 0 Å². The number of carbonyl (C=O) groups is 3. The Bertz CT molecular complexity index is 1430. The van der Waals surface area contributed by atoms with Gasteiger partial charge in [0.15, 0.2) is 5.17 Å². The van der Waals surface area contributed by atoms with E-state index in [0.717, 1.165) is 5.56 Å². The molecule has 0 aliphatic carbocycles. The number of furan rings is 1. The molecule has 2 N–H and O–H groups in total. The molecular formula is C28H27N5O4S. The average Bonchev–Trinajstić information content (AvgIpc) is 3.54. The average molecular weight is 530 g/mol. The lowest BCUT2D eigenvalue weighted by atomic mass is 10.1. The van der Waals surface area contributed by atoms with E-state index in [1.807, 2.05) is 62.4 Å². The molecule has 0 unspecified atom stereocenters. The van der Waals surface area contributed by atoms with E-state index in [0.29, 0.717) is 40.1 Å². The number of hydrogen-bond acceptors (Lipinski definition) is 7. The number of hydrogen-bond donors (Lipinski definition) is 2. The Balaban J connectivity index is 1.35. The fraction of sp³-hybridized carbons (Fsp3) is 0.250. The first-order valence-electron chi connectivity index (χ1n) is 12.4. The highest BCUT2D eigenvalue weighted by Gasteiger charge is 2.43. The van der Waals surface area contributed by atoms with Crippen LogP contribution in [0.1, 0.15) is 36.7 Å². The number of amides is 3. The summed E-state index contributed by atoms with van der Waals surface area (Å²) in [5.41, 5.74) is 3.13. The van der Waals surface area contributed by atoms with Gasteiger partial charge in [0.2, 0.25) is 11.8 Å². The molecule has 0 bridgehead atoms. The van der Waals surface area contributed by atoms with Crippen molar-refractivity contribution in [1.82, 2.24) is 10.2 Å². The lowest BCUT2D eigenvalue weighted by molar-refractivity contribution is -0.128. The fourth-order valence-corrected chi connectivity index (χ4v) is 5.28. The summed E-state index contributed by atoms with van der Waals surface area (Å²) in [7, 11) is 0. The SMILES string of the molecule is CC[C@@H](SC1=Nc2ccccc2C2=N[C@@H](CC(=O)NCc3ccco3)C(=O)N12)C(=O)Nc1cccc(C)c1. The first-order chi connectivity index (χ1) is 18.4. The molecule has 2 aromatic carbocycles. The van der Waals surface area contributed by atoms with Crippen LogP contribution in [0.5, 0.6) is 0 Å². The Morgan fingerprint density at radius 1 is 1.13 bits per heavy atom. The van der Waals surface area contributed by atoms with E-state index in [2.05, 4.69) is 15.6 Å². The van der Waals surface area contributed by atoms with Crippen molar-refractivity contribution in [2.24, 2.45) is 9.98 Å². The van der Waals surface area contributed by atoms with Gasteiger partial charge in [0, 0.05) is 11.3 Å². The molecule has 5 rings (SSSR count). The third-order valence-electron chi connectivity index (χ3n) is 6.16. The van der Waals surface area contributed by atoms with Gasteiger partial charge in [0.1, 0.15) is 17.6 Å². The van der Waals surface area contributed by atoms with Gasteiger partial charge in [0.05, 0.1) is 30.2 Å². The summed E-state index contributed by atoms with van der Waals surface area (Å²) in [6.07, 6.45) is 1.95. The maximum atomic E-state index is 13.5. The van der Waals surface area contributed by atoms with Gasteiger partial charge >= 0.3 is 0 Å². The molecule has 2 aliphatic rings. The number of nitrogens with zero attached hydrogens (tertiary/aromatic N) is 3. The fourth-order valence-electron chi connectivity index (χ4n) is 4.26. The molecule has 38 heavy (non-hydrogen) atoms. The van der Waals surface area contributed by atoms with Gasteiger partial charge in [-0.05, 0) is 55.3 Å². The zero-order valence-corrected chi connectivity index (χ0v) is 21.8. The van der Waals surface area contributed by atoms with E-state index in [4.69, 9.17) is 9.41 Å². The number of thioether (sulfide) groups is 1. The summed E-state index contributed by atoms with van der Waals surface area (Å²) < 4.78 is 5.25. The van der Waals surface area contributed by atoms with Crippen LogP contribution in [-0.2, 0) is 20.9 Å². The standard InChI is InChI=1S/C28H27N5O4S/c1-3-23(26(35)30-18-9-6-8-17(2)14-18)38-28-32-21-12-5-4-11-20(21)25-31-22(27(36)33(25)28)15-24(34)29-16-19-10-7-13-37-19/h4-14,22-23H,3,15-16H2,1-2H3,(H,29,34)(H,30,35)/t22-,23+/m0/s1. The van der Waals surface area contributed by atoms with E-state index in [1.165, 1.54) is 22.9 Å². The van der Waals surface area contributed by atoms with Crippen molar-refractivity contribution in [2.75, 3.05) is 5.32 Å². The third-order valence-corrected chi connectivity index (χ3v) is 7.48. The maximum absolute atomic E-state index is 13.5. The number of aryl methyl sites for hydroxylation is 1. The first-order valence-corrected chi connectivity index (χ1v) is 13.2. The summed E-state index contributed by atoms with van der Waals surface area (Å²) in [5.74, 6) is 0.230. The van der Waals surface area contributed by atoms with Crippen molar-refractivity contribution >= 4 is 51.9 Å². The van der Waals surface area contributed by atoms with Gasteiger partial charge in [-0.15, -0.1) is 0 Å². The topological polar surface area (TPSA) is 116 Å². The molecule has 0 saturated carbocycles. The van der Waals surface area contributed by atoms with Crippen LogP contribution in [0.15, 0.2) is 81.3 Å². The highest BCUT2D eigenvalue weighted by molar-refractivity contribution is 8.15. The molecule has 0 saturated heterocycles. The van der Waals surface area contributed by atoms with Crippen LogP contribution in [0.3, 0.4) is 0 Å². The number of anilines is 1. The van der Waals surface area contributed by atoms with Crippen molar-refractivity contribution in [1.29, 1.82) is 0 Å². The Hall–Kier alpha value is -4.18. The minimum atomic E-state index is -0.889. The Morgan fingerprint density at radius 2 is 1.97 bits per heavy atom. The molecule has 0 fully saturated rings. The van der Waals surface area contributed by atoms with Gasteiger partial charge in [-0.3, -0.25) is 19.4 Å². The van der Waals surface area contributed by atoms with Crippen LogP contribution < -0.4 is 10.6 Å². The monoisotopic (exact) mass is 529 g/mol. The predicted octanol–water partition coefficient (Wildman–Crippen LogP) is 4.40. The molecule has 9 nitrogen and oxygen atoms in total. The molecule has 3 aromatic rings. The van der Waals surface area contributed by atoms with Crippen molar-refractivity contribution in [2.45, 2.75) is 44.5 Å². The minimum Gasteiger partial charge on any atom is -0.467 e. The molecule has 3 amide bonds. The van der Waals surface area contributed by atoms with Crippen LogP contribution in [-0.4, -0.2) is 44.9 Å². The number of para-hydroxylation sites is 1. The second-order valence-electron chi connectivity index (χ2n) is 8.99. The van der Waals surface area contributed by atoms with E-state index in [9.17, 15) is 14.4 Å². The molecule has 0 spiro atoms. The quantitative estimate of drug-likeness (QED) is 0.449. The first kappa shape index (κ1) is 25.5. The lowest BCUT2D eigenvalue weighted by Gasteiger charge is -2.27. The van der Waals surface area contributed by atoms with E-state index >= 15 is 0 Å². The molecule has 2 atom stereocenters. The largest absolute Gasteiger partial charge is 0.467 e. The van der Waals surface area contributed by atoms with Crippen LogP contribution in [0, 0.1) is 6.92 Å². The number of rotatable bonds is 8. The number of carbonyl (C=O) groups excluding carboxylic acids is 3. The van der Waals surface area contributed by atoms with Gasteiger partial charge in [0.25, 0.3) is 5.91 Å². The van der Waals surface area contributed by atoms with Crippen molar-refractivity contribution in [3.05, 3.63) is 83.8 Å². The number of fused-ring (bicyclic) bond motifs is 3. The maximum Gasteiger partial charge on any atom is 0.259 e. The highest BCUT2D eigenvalue weighted by Crippen LogP contribution is 2.35. The van der Waals surface area contributed by atoms with Crippen LogP contribution in [0.4, 0.5) is 11.4 Å². The number of nitrogens with one attached hydrogen (secondary N) is 2. The normalized spacial score (nSPS) is 16.7. The second-order valence-corrected chi connectivity index (χ2v) is 10.2. The molecule has 0 radical (unpaired) electrons. The van der Waals surface area contributed by atoms with Crippen LogP contribution >= 0.6 is 11.8 Å². The number of benzene rings is 2. The minimum absolute atomic E-state index is 0.106. The van der Waals surface area contributed by atoms with Crippen molar-refractivity contribution in [3.63, 3.8) is 0 Å². The summed E-state index contributed by atoms with van der Waals surface area (Å²) >= 11 is 1.22. The zero-order valence-electron chi connectivity index (χ0n) is 21.0. The Kier molecular flexibility index (Phi) is 7.41. The smallest absolute Gasteiger partial charge is 0.259 e. The van der Waals surface area contributed by atoms with E-state index in [-0.39, 0.29) is 30.7 Å². The van der Waals surface area contributed by atoms with Gasteiger partial charge in [-0.2, -0.15) is 0 Å². The van der Waals surface area contributed by atoms with Gasteiger partial charge in [-0.1, -0.05) is 43.0 Å². The molecule has 1 aromatic heterocycles. The predicted molar refractivity (Wildman–Crippen MR) is 147 cm³/mol. The Labute approximate surface area is 224 Å². The second kappa shape index (κ2) is 11.1. The molecule has 3 heterocycles. The lowest BCUT2D eigenvalue weighted by Crippen LogP contribution is -2.43. The van der Waals surface area contributed by atoms with E-state index < -0.39 is 11.3 Å². The van der Waals surface area contributed by atoms with E-state index in [1.54, 1.807) is 12.1 Å². The third kappa shape index (κ3) is 5.40. The van der Waals surface area contributed by atoms with Crippen molar-refractivity contribution < 1.29 is 18.8 Å². The molecule has 2 aliphatic heterocycles. The highest BCUT2D eigenvalue weighted by atomic mass is 32.2. The summed E-state index contributed by atoms with van der Waals surface area (Å²) in [6, 6.07) is 17.6. The van der Waals surface area contributed by atoms with Gasteiger partial charge < -0.3 is 15.1 Å². The molecule has 194 valence electrons. The van der Waals surface area contributed by atoms with Gasteiger partial charge in [-0.25, -0.2) is 9.89 Å².